The molecule has 1 N–H and O–H groups in total. The van der Waals surface area contributed by atoms with Crippen LogP contribution in [0.15, 0.2) is 28.5 Å². The van der Waals surface area contributed by atoms with Gasteiger partial charge in [0.25, 0.3) is 0 Å². The van der Waals surface area contributed by atoms with Gasteiger partial charge in [-0.2, -0.15) is 0 Å². The fourth-order valence-electron chi connectivity index (χ4n) is 1.31. The predicted octanol–water partition coefficient (Wildman–Crippen LogP) is 3.67. The zero-order chi connectivity index (χ0) is 13.8. The molecular weight excluding hydrogens is 290 g/mol. The molecule has 0 fully saturated rings. The summed E-state index contributed by atoms with van der Waals surface area (Å²) in [7, 11) is 0. The van der Waals surface area contributed by atoms with E-state index in [1.807, 2.05) is 5.38 Å². The number of nitrogens with zero attached hydrogens (tertiary/aromatic N) is 1. The largest absolute Gasteiger partial charge is 0.302 e. The van der Waals surface area contributed by atoms with E-state index in [0.717, 1.165) is 17.8 Å². The smallest absolute Gasteiger partial charge is 0.223 e. The van der Waals surface area contributed by atoms with Crippen LogP contribution in [0.4, 0.5) is 13.9 Å². The van der Waals surface area contributed by atoms with Crippen LogP contribution in [0, 0.1) is 11.6 Å². The molecule has 2 aromatic rings. The molecule has 1 aromatic carbocycles. The van der Waals surface area contributed by atoms with E-state index < -0.39 is 11.6 Å². The van der Waals surface area contributed by atoms with Gasteiger partial charge >= 0.3 is 0 Å². The van der Waals surface area contributed by atoms with Gasteiger partial charge < -0.3 is 5.32 Å². The minimum atomic E-state index is -0.859. The number of anilines is 1. The fraction of sp³-hybridized carbons (Fsp3) is 0.167. The van der Waals surface area contributed by atoms with E-state index in [1.165, 1.54) is 36.1 Å². The molecule has 0 radical (unpaired) electrons. The monoisotopic (exact) mass is 300 g/mol. The molecule has 1 aromatic heterocycles. The van der Waals surface area contributed by atoms with Crippen molar-refractivity contribution in [3.8, 4) is 0 Å². The second-order valence-electron chi connectivity index (χ2n) is 3.69. The van der Waals surface area contributed by atoms with Gasteiger partial charge in [0.05, 0.1) is 5.69 Å². The first kappa shape index (κ1) is 14.0. The highest BCUT2D eigenvalue weighted by Crippen LogP contribution is 2.26. The van der Waals surface area contributed by atoms with E-state index in [4.69, 9.17) is 0 Å². The number of thioether (sulfide) groups is 1. The van der Waals surface area contributed by atoms with Crippen molar-refractivity contribution in [2.75, 3.05) is 5.32 Å². The minimum Gasteiger partial charge on any atom is -0.302 e. The van der Waals surface area contributed by atoms with Crippen molar-refractivity contribution in [2.24, 2.45) is 0 Å². The van der Waals surface area contributed by atoms with E-state index in [-0.39, 0.29) is 5.91 Å². The highest BCUT2D eigenvalue weighted by Gasteiger charge is 2.06. The van der Waals surface area contributed by atoms with Gasteiger partial charge in [-0.15, -0.1) is 23.1 Å². The Morgan fingerprint density at radius 2 is 2.21 bits per heavy atom. The van der Waals surface area contributed by atoms with Crippen LogP contribution in [0.1, 0.15) is 12.6 Å². The third kappa shape index (κ3) is 4.00. The first-order chi connectivity index (χ1) is 9.04. The molecule has 0 saturated heterocycles. The maximum absolute atomic E-state index is 13.0. The summed E-state index contributed by atoms with van der Waals surface area (Å²) in [5.41, 5.74) is 0.781. The Labute approximate surface area is 117 Å². The Balaban J connectivity index is 1.96. The summed E-state index contributed by atoms with van der Waals surface area (Å²) >= 11 is 2.68. The Kier molecular flexibility index (Phi) is 4.49. The zero-order valence-electron chi connectivity index (χ0n) is 9.94. The van der Waals surface area contributed by atoms with Crippen molar-refractivity contribution in [2.45, 2.75) is 17.6 Å². The number of nitrogens with one attached hydrogen (secondary N) is 1. The van der Waals surface area contributed by atoms with E-state index in [2.05, 4.69) is 10.3 Å². The predicted molar refractivity (Wildman–Crippen MR) is 72.3 cm³/mol. The van der Waals surface area contributed by atoms with Crippen LogP contribution >= 0.6 is 23.1 Å². The van der Waals surface area contributed by atoms with Gasteiger partial charge in [0, 0.05) is 23.0 Å². The first-order valence-corrected chi connectivity index (χ1v) is 7.21. The van der Waals surface area contributed by atoms with Gasteiger partial charge in [-0.1, -0.05) is 0 Å². The van der Waals surface area contributed by atoms with Gasteiger partial charge in [-0.3, -0.25) is 4.79 Å². The van der Waals surface area contributed by atoms with Crippen LogP contribution in [0.25, 0.3) is 0 Å². The average Bonchev–Trinajstić information content (AvgIpc) is 2.77. The Morgan fingerprint density at radius 1 is 1.42 bits per heavy atom. The number of amides is 1. The third-order valence-corrected chi connectivity index (χ3v) is 3.95. The molecule has 1 heterocycles. The van der Waals surface area contributed by atoms with Gasteiger partial charge in [0.1, 0.15) is 0 Å². The molecule has 7 heteroatoms. The first-order valence-electron chi connectivity index (χ1n) is 5.34. The fourth-order valence-corrected chi connectivity index (χ4v) is 2.98. The molecule has 0 aliphatic heterocycles. The quantitative estimate of drug-likeness (QED) is 0.876. The number of thiazole rings is 1. The molecule has 19 heavy (non-hydrogen) atoms. The standard InChI is InChI=1S/C12H10F2N2OS2/c1-7(17)15-12-16-8(6-19-12)5-18-9-2-3-10(13)11(14)4-9/h2-4,6H,5H2,1H3,(H,15,16,17). The Morgan fingerprint density at radius 3 is 2.89 bits per heavy atom. The zero-order valence-corrected chi connectivity index (χ0v) is 11.6. The molecule has 1 amide bonds. The van der Waals surface area contributed by atoms with Crippen LogP contribution in [-0.4, -0.2) is 10.9 Å². The molecule has 100 valence electrons. The summed E-state index contributed by atoms with van der Waals surface area (Å²) in [6, 6.07) is 3.77. The lowest BCUT2D eigenvalue weighted by molar-refractivity contribution is -0.114. The van der Waals surface area contributed by atoms with E-state index in [1.54, 1.807) is 0 Å². The van der Waals surface area contributed by atoms with Crippen molar-refractivity contribution in [3.63, 3.8) is 0 Å². The number of carbonyl (C=O) groups excluding carboxylic acids is 1. The van der Waals surface area contributed by atoms with Crippen LogP contribution < -0.4 is 5.32 Å². The van der Waals surface area contributed by atoms with Crippen molar-refractivity contribution in [3.05, 3.63) is 40.9 Å². The maximum atomic E-state index is 13.0. The number of benzene rings is 1. The number of rotatable bonds is 4. The van der Waals surface area contributed by atoms with Crippen molar-refractivity contribution in [1.82, 2.24) is 4.98 Å². The Bertz CT molecular complexity index is 601. The van der Waals surface area contributed by atoms with E-state index >= 15 is 0 Å². The third-order valence-electron chi connectivity index (χ3n) is 2.11. The number of carbonyl (C=O) groups is 1. The van der Waals surface area contributed by atoms with Crippen LogP contribution in [-0.2, 0) is 10.5 Å². The molecule has 0 atom stereocenters. The molecule has 0 unspecified atom stereocenters. The summed E-state index contributed by atoms with van der Waals surface area (Å²) in [4.78, 5) is 15.7. The minimum absolute atomic E-state index is 0.172. The molecule has 0 bridgehead atoms. The molecule has 0 aliphatic rings. The highest BCUT2D eigenvalue weighted by molar-refractivity contribution is 7.98. The number of hydrogen-bond acceptors (Lipinski definition) is 4. The highest BCUT2D eigenvalue weighted by atomic mass is 32.2. The molecule has 2 rings (SSSR count). The maximum Gasteiger partial charge on any atom is 0.223 e. The average molecular weight is 300 g/mol. The number of hydrogen-bond donors (Lipinski definition) is 1. The van der Waals surface area contributed by atoms with Crippen LogP contribution in [0.2, 0.25) is 0 Å². The normalized spacial score (nSPS) is 10.5. The van der Waals surface area contributed by atoms with Gasteiger partial charge in [-0.25, -0.2) is 13.8 Å². The summed E-state index contributed by atoms with van der Waals surface area (Å²) in [5, 5.41) is 4.94. The van der Waals surface area contributed by atoms with Gasteiger partial charge in [0.15, 0.2) is 16.8 Å². The molecule has 0 aliphatic carbocycles. The van der Waals surface area contributed by atoms with E-state index in [0.29, 0.717) is 15.8 Å². The number of aromatic nitrogens is 1. The SMILES string of the molecule is CC(=O)Nc1nc(CSc2ccc(F)c(F)c2)cs1. The van der Waals surface area contributed by atoms with Crippen molar-refractivity contribution < 1.29 is 13.6 Å². The lowest BCUT2D eigenvalue weighted by Crippen LogP contribution is -2.05. The van der Waals surface area contributed by atoms with E-state index in [9.17, 15) is 13.6 Å². The molecule has 3 nitrogen and oxygen atoms in total. The van der Waals surface area contributed by atoms with Crippen LogP contribution in [0.3, 0.4) is 0 Å². The summed E-state index contributed by atoms with van der Waals surface area (Å²) in [6.07, 6.45) is 0. The molecule has 0 saturated carbocycles. The summed E-state index contributed by atoms with van der Waals surface area (Å²) in [6.45, 7) is 1.41. The summed E-state index contributed by atoms with van der Waals surface area (Å²) < 4.78 is 25.8. The number of halogens is 2. The lowest BCUT2D eigenvalue weighted by atomic mass is 10.3. The molecule has 0 spiro atoms. The van der Waals surface area contributed by atoms with Gasteiger partial charge in [0.2, 0.25) is 5.91 Å². The van der Waals surface area contributed by atoms with Crippen molar-refractivity contribution in [1.29, 1.82) is 0 Å². The second kappa shape index (κ2) is 6.12. The van der Waals surface area contributed by atoms with Gasteiger partial charge in [-0.05, 0) is 18.2 Å². The Hall–Kier alpha value is -1.47. The summed E-state index contributed by atoms with van der Waals surface area (Å²) in [5.74, 6) is -1.36. The van der Waals surface area contributed by atoms with Crippen molar-refractivity contribution >= 4 is 34.1 Å². The topological polar surface area (TPSA) is 42.0 Å². The lowest BCUT2D eigenvalue weighted by Gasteiger charge is -2.00. The molecular formula is C12H10F2N2OS2. The van der Waals surface area contributed by atoms with Crippen LogP contribution in [0.5, 0.6) is 0 Å². The second-order valence-corrected chi connectivity index (χ2v) is 5.60.